The molecule has 27 heavy (non-hydrogen) atoms. The van der Waals surface area contributed by atoms with Crippen molar-refractivity contribution in [3.8, 4) is 0 Å². The number of hydrogen-bond donors (Lipinski definition) is 3. The fourth-order valence-electron chi connectivity index (χ4n) is 3.43. The fourth-order valence-corrected chi connectivity index (χ4v) is 3.43. The first-order valence-electron chi connectivity index (χ1n) is 8.91. The number of quaternary nitrogens is 1. The van der Waals surface area contributed by atoms with Gasteiger partial charge in [0.2, 0.25) is 0 Å². The predicted octanol–water partition coefficient (Wildman–Crippen LogP) is 2.73. The zero-order valence-electron chi connectivity index (χ0n) is 15.3. The van der Waals surface area contributed by atoms with Crippen LogP contribution in [0.15, 0.2) is 60.2 Å². The number of carbonyl (C=O) groups excluding carboxylic acids is 1. The van der Waals surface area contributed by atoms with Crippen LogP contribution in [0.1, 0.15) is 30.0 Å². The Morgan fingerprint density at radius 2 is 1.93 bits per heavy atom. The second-order valence-corrected chi connectivity index (χ2v) is 6.45. The molecule has 2 aromatic carbocycles. The van der Waals surface area contributed by atoms with Crippen LogP contribution in [0.3, 0.4) is 0 Å². The van der Waals surface area contributed by atoms with Gasteiger partial charge in [0.25, 0.3) is 5.91 Å². The van der Waals surface area contributed by atoms with Crippen LogP contribution in [0.4, 0.5) is 5.69 Å². The smallest absolute Gasteiger partial charge is 0.259 e. The average Bonchev–Trinajstić information content (AvgIpc) is 3.20. The molecule has 1 fully saturated rings. The molecule has 1 saturated heterocycles. The fraction of sp³-hybridized carbons (Fsp3) is 0.238. The van der Waals surface area contributed by atoms with Crippen molar-refractivity contribution in [1.29, 1.82) is 5.41 Å². The number of aliphatic hydroxyl groups is 1. The van der Waals surface area contributed by atoms with Crippen LogP contribution >= 0.6 is 0 Å². The maximum atomic E-state index is 13.1. The van der Waals surface area contributed by atoms with E-state index in [1.165, 1.54) is 0 Å². The molecule has 1 amide bonds. The number of carbonyl (C=O) groups is 1. The second-order valence-electron chi connectivity index (χ2n) is 6.45. The Balaban J connectivity index is 1.88. The monoisotopic (exact) mass is 366 g/mol. The molecule has 3 rings (SSSR count). The molecule has 0 spiro atoms. The molecular formula is C21H24N3O3+. The number of nitrogens with one attached hydrogen (secondary N) is 1. The van der Waals surface area contributed by atoms with Gasteiger partial charge in [-0.25, -0.2) is 4.84 Å². The van der Waals surface area contributed by atoms with Crippen LogP contribution in [0.25, 0.3) is 5.76 Å². The number of nitrogens with two attached hydrogens (primary N) is 1. The van der Waals surface area contributed by atoms with Crippen molar-refractivity contribution >= 4 is 23.6 Å². The minimum Gasteiger partial charge on any atom is -0.506 e. The van der Waals surface area contributed by atoms with Crippen LogP contribution in [0.2, 0.25) is 0 Å². The Labute approximate surface area is 158 Å². The van der Waals surface area contributed by atoms with Crippen LogP contribution in [-0.4, -0.2) is 35.8 Å². The van der Waals surface area contributed by atoms with E-state index in [9.17, 15) is 9.90 Å². The summed E-state index contributed by atoms with van der Waals surface area (Å²) >= 11 is 0. The third kappa shape index (κ3) is 4.07. The summed E-state index contributed by atoms with van der Waals surface area (Å²) in [7, 11) is 1.57. The normalized spacial score (nSPS) is 17.5. The molecule has 0 saturated carbocycles. The molecule has 1 aliphatic heterocycles. The van der Waals surface area contributed by atoms with Gasteiger partial charge in [-0.1, -0.05) is 30.3 Å². The Morgan fingerprint density at radius 3 is 2.56 bits per heavy atom. The molecule has 140 valence electrons. The van der Waals surface area contributed by atoms with Crippen LogP contribution in [0, 0.1) is 5.41 Å². The van der Waals surface area contributed by atoms with Crippen molar-refractivity contribution in [3.63, 3.8) is 0 Å². The molecule has 0 aliphatic carbocycles. The number of benzene rings is 2. The van der Waals surface area contributed by atoms with Gasteiger partial charge < -0.3 is 15.4 Å². The van der Waals surface area contributed by atoms with E-state index in [0.717, 1.165) is 30.3 Å². The Hall–Kier alpha value is -2.96. The summed E-state index contributed by atoms with van der Waals surface area (Å²) in [5.41, 5.74) is 4.00. The van der Waals surface area contributed by atoms with E-state index < -0.39 is 0 Å². The molecule has 2 aromatic rings. The third-order valence-corrected chi connectivity index (χ3v) is 4.77. The predicted molar refractivity (Wildman–Crippen MR) is 103 cm³/mol. The van der Waals surface area contributed by atoms with Crippen molar-refractivity contribution < 1.29 is 20.2 Å². The molecule has 1 atom stereocenters. The minimum atomic E-state index is -0.318. The highest BCUT2D eigenvalue weighted by molar-refractivity contribution is 6.16. The van der Waals surface area contributed by atoms with Crippen LogP contribution in [0.5, 0.6) is 0 Å². The van der Waals surface area contributed by atoms with E-state index in [2.05, 4.69) is 0 Å². The summed E-state index contributed by atoms with van der Waals surface area (Å²) in [5.74, 6) is -0.501. The number of aliphatic hydroxyl groups excluding tert-OH is 1. The third-order valence-electron chi connectivity index (χ3n) is 4.77. The van der Waals surface area contributed by atoms with Crippen molar-refractivity contribution in [2.45, 2.75) is 18.9 Å². The number of amides is 1. The highest BCUT2D eigenvalue weighted by Crippen LogP contribution is 2.33. The van der Waals surface area contributed by atoms with Crippen molar-refractivity contribution in [3.05, 3.63) is 71.3 Å². The number of rotatable bonds is 6. The topological polar surface area (TPSA) is 90.2 Å². The van der Waals surface area contributed by atoms with Crippen molar-refractivity contribution in [2.24, 2.45) is 0 Å². The SMILES string of the molecule is CO[NH2+]c1ccc(/C(O)=C(/C=N)C(=O)N2CCCC2c2ccccc2)cc1. The first-order chi connectivity index (χ1) is 13.2. The minimum absolute atomic E-state index is 0.00121. The van der Waals surface area contributed by atoms with E-state index in [0.29, 0.717) is 12.1 Å². The van der Waals surface area contributed by atoms with E-state index in [-0.39, 0.29) is 23.3 Å². The van der Waals surface area contributed by atoms with E-state index in [1.54, 1.807) is 41.8 Å². The van der Waals surface area contributed by atoms with Gasteiger partial charge in [-0.2, -0.15) is 5.48 Å². The molecule has 6 nitrogen and oxygen atoms in total. The zero-order valence-corrected chi connectivity index (χ0v) is 15.3. The summed E-state index contributed by atoms with van der Waals surface area (Å²) in [6, 6.07) is 16.8. The average molecular weight is 366 g/mol. The maximum absolute atomic E-state index is 13.1. The molecular weight excluding hydrogens is 342 g/mol. The van der Waals surface area contributed by atoms with Crippen molar-refractivity contribution in [1.82, 2.24) is 4.90 Å². The summed E-state index contributed by atoms with van der Waals surface area (Å²) in [4.78, 5) is 19.8. The van der Waals surface area contributed by atoms with Gasteiger partial charge in [0, 0.05) is 30.5 Å². The maximum Gasteiger partial charge on any atom is 0.259 e. The highest BCUT2D eigenvalue weighted by atomic mass is 16.6. The van der Waals surface area contributed by atoms with Gasteiger partial charge in [0.15, 0.2) is 5.69 Å². The standard InChI is InChI=1S/C21H23N3O3/c1-27-23-17-11-9-16(10-12-17)20(25)18(14-22)21(26)24-13-5-8-19(24)15-6-3-2-4-7-15/h2-4,6-7,9-12,14,19,22-23,25H,5,8,13H2,1H3/p+1/b20-18+,22-14?. The molecule has 1 aliphatic rings. The van der Waals surface area contributed by atoms with E-state index in [1.807, 2.05) is 30.3 Å². The lowest BCUT2D eigenvalue weighted by Gasteiger charge is -2.25. The molecule has 6 heteroatoms. The molecule has 0 radical (unpaired) electrons. The van der Waals surface area contributed by atoms with Gasteiger partial charge in [-0.05, 0) is 30.5 Å². The second kappa shape index (κ2) is 8.62. The summed E-state index contributed by atoms with van der Waals surface area (Å²) in [6.07, 6.45) is 2.72. The number of nitrogens with zero attached hydrogens (tertiary/aromatic N) is 1. The van der Waals surface area contributed by atoms with Gasteiger partial charge >= 0.3 is 0 Å². The number of hydrogen-bond acceptors (Lipinski definition) is 4. The Kier molecular flexibility index (Phi) is 6.01. The van der Waals surface area contributed by atoms with Gasteiger partial charge in [-0.15, -0.1) is 0 Å². The van der Waals surface area contributed by atoms with E-state index >= 15 is 0 Å². The largest absolute Gasteiger partial charge is 0.506 e. The van der Waals surface area contributed by atoms with E-state index in [4.69, 9.17) is 10.2 Å². The molecule has 0 aromatic heterocycles. The summed E-state index contributed by atoms with van der Waals surface area (Å²) < 4.78 is 0. The Bertz CT molecular complexity index is 832. The van der Waals surface area contributed by atoms with Crippen molar-refractivity contribution in [2.75, 3.05) is 13.7 Å². The van der Waals surface area contributed by atoms with Crippen LogP contribution < -0.4 is 5.48 Å². The summed E-state index contributed by atoms with van der Waals surface area (Å²) in [6.45, 7) is 0.616. The summed E-state index contributed by atoms with van der Waals surface area (Å²) in [5, 5.41) is 18.3. The molecule has 4 N–H and O–H groups in total. The lowest BCUT2D eigenvalue weighted by Crippen LogP contribution is -2.75. The van der Waals surface area contributed by atoms with Crippen LogP contribution in [-0.2, 0) is 9.63 Å². The number of likely N-dealkylation sites (tertiary alicyclic amines) is 1. The first-order valence-corrected chi connectivity index (χ1v) is 8.91. The lowest BCUT2D eigenvalue weighted by atomic mass is 10.0. The van der Waals surface area contributed by atoms with Gasteiger partial charge in [0.1, 0.15) is 5.76 Å². The quantitative estimate of drug-likeness (QED) is 0.241. The van der Waals surface area contributed by atoms with Gasteiger partial charge in [0.05, 0.1) is 18.7 Å². The van der Waals surface area contributed by atoms with Gasteiger partial charge in [-0.3, -0.25) is 4.79 Å². The first kappa shape index (κ1) is 18.8. The molecule has 0 bridgehead atoms. The highest BCUT2D eigenvalue weighted by Gasteiger charge is 2.32. The molecule has 1 heterocycles. The molecule has 1 unspecified atom stereocenters. The lowest BCUT2D eigenvalue weighted by molar-refractivity contribution is -0.830. The zero-order chi connectivity index (χ0) is 19.2. The Morgan fingerprint density at radius 1 is 1.22 bits per heavy atom.